The van der Waals surface area contributed by atoms with Crippen molar-refractivity contribution in [1.29, 1.82) is 0 Å². The van der Waals surface area contributed by atoms with Crippen LogP contribution in [0.5, 0.6) is 0 Å². The Morgan fingerprint density at radius 1 is 0.273 bits per heavy atom. The average molecular weight is 1820 g/mol. The number of amides is 7. The largest absolute Gasteiger partial charge is 0.379 e. The summed E-state index contributed by atoms with van der Waals surface area (Å²) < 4.78 is 21.3. The molecule has 0 bridgehead atoms. The van der Waals surface area contributed by atoms with E-state index in [1.54, 1.807) is 0 Å². The SMILES string of the molecule is CCOCCOCC(=O)CCCOCCOCC(=O)N[C@@H](CNC(=O)[C@H](CCCN=C(N)N)CC(=O)[C@H](CCCN=C(N)N)NC(=O)[C@H](CCCN=C(N)N)CC(=O)[C@H](CCCN=C(N)N)NC(=O)[C@H](CCCN=C(N)N)CC(=O)[C@H](CCCN=C(N)N)NC(=O)[C@H](CCCN=C(N)N)CC(=O)[C@H](CCCN=C(N)N)NC(=O)[C@H](CCCN=C(N)N)CC(C)=O)C(N)=O. The number of hydrogen-bond donors (Lipinski definition) is 25. The van der Waals surface area contributed by atoms with Crippen molar-refractivity contribution in [3.05, 3.63) is 0 Å². The molecule has 0 aliphatic carbocycles. The van der Waals surface area contributed by atoms with Crippen LogP contribution in [-0.4, -0.2) is 278 Å². The first-order chi connectivity index (χ1) is 60.6. The first-order valence-electron chi connectivity index (χ1n) is 42.6. The van der Waals surface area contributed by atoms with Gasteiger partial charge in [0.1, 0.15) is 25.0 Å². The van der Waals surface area contributed by atoms with Gasteiger partial charge >= 0.3 is 0 Å². The van der Waals surface area contributed by atoms with E-state index < -0.39 is 163 Å². The highest BCUT2D eigenvalue weighted by molar-refractivity contribution is 5.99. The quantitative estimate of drug-likeness (QED) is 0.0153. The molecule has 51 heteroatoms. The summed E-state index contributed by atoms with van der Waals surface area (Å²) in [4.78, 5) is 220. The van der Waals surface area contributed by atoms with Crippen LogP contribution in [0, 0.1) is 29.6 Å². The summed E-state index contributed by atoms with van der Waals surface area (Å²) >= 11 is 0. The number of ether oxygens (including phenoxy) is 4. The Bertz CT molecular complexity index is 3690. The van der Waals surface area contributed by atoms with Crippen LogP contribution in [0.4, 0.5) is 0 Å². The molecular weight excluding hydrogens is 1670 g/mol. The lowest BCUT2D eigenvalue weighted by atomic mass is 9.88. The van der Waals surface area contributed by atoms with E-state index in [0.29, 0.717) is 26.2 Å². The van der Waals surface area contributed by atoms with Crippen LogP contribution in [0.25, 0.3) is 0 Å². The van der Waals surface area contributed by atoms with E-state index in [1.807, 2.05) is 6.92 Å². The standard InChI is InChI=1S/C77H146N34O17/c1-3-125-34-36-127-44-52(113)19-13-33-126-35-37-128-45-62(118)107-57(63(78)119)43-106-64(120)48(15-5-25-98-70(81)82)39-58(114)53(20-9-29-102-74(89)90)109-66(122)50(17-7-27-100-72(85)86)41-60(116)55(22-11-31-104-76(93)94)111-68(124)51(18-8-28-101-73(87)88)42-61(117)56(23-12-32-105-77(95)96)110-67(123)49(16-6-26-99-71(83)84)40-59(115)54(21-10-30-103-75(91)92)108-65(121)47(38-46(2)112)14-4-24-97-69(79)80/h47-51,53-57H,3-45H2,1-2H3,(H2,78,119)(H,106,120)(H,107,118)(H,108,121)(H,109,122)(H,110,123)(H,111,124)(H4,79,80,97)(H4,81,82,98)(H4,83,84,99)(H4,85,86,100)(H4,87,88,101)(H4,89,90,102)(H4,91,92,103)(H4,93,94,104)(H4,95,96,105)/t47-,48-,49-,50-,51-,53+,54+,55+,56+,57+/m1/s1. The number of carbonyl (C=O) groups is 13. The van der Waals surface area contributed by atoms with Crippen molar-refractivity contribution >= 4 is 130 Å². The summed E-state index contributed by atoms with van der Waals surface area (Å²) in [5, 5.41) is 16.1. The molecule has 0 rings (SSSR count). The first kappa shape index (κ1) is 116. The molecule has 0 saturated carbocycles. The predicted molar refractivity (Wildman–Crippen MR) is 485 cm³/mol. The average Bonchev–Trinajstić information content (AvgIpc) is 0.844. The molecule has 0 aromatic heterocycles. The van der Waals surface area contributed by atoms with Crippen molar-refractivity contribution in [2.75, 3.05) is 118 Å². The summed E-state index contributed by atoms with van der Waals surface area (Å²) in [6, 6.07) is -7.08. The van der Waals surface area contributed by atoms with Crippen LogP contribution in [0.3, 0.4) is 0 Å². The monoisotopic (exact) mass is 1820 g/mol. The van der Waals surface area contributed by atoms with Crippen molar-refractivity contribution in [3.8, 4) is 0 Å². The molecule has 726 valence electrons. The van der Waals surface area contributed by atoms with Gasteiger partial charge in [-0.15, -0.1) is 0 Å². The van der Waals surface area contributed by atoms with Crippen molar-refractivity contribution in [2.45, 2.75) is 205 Å². The van der Waals surface area contributed by atoms with Gasteiger partial charge in [0.05, 0.1) is 50.6 Å². The molecule has 0 radical (unpaired) electrons. The molecule has 0 aliphatic rings. The van der Waals surface area contributed by atoms with Gasteiger partial charge in [0.15, 0.2) is 82.6 Å². The van der Waals surface area contributed by atoms with Crippen molar-refractivity contribution in [2.24, 2.45) is 183 Å². The zero-order chi connectivity index (χ0) is 96.3. The highest BCUT2D eigenvalue weighted by Gasteiger charge is 2.37. The van der Waals surface area contributed by atoms with Crippen LogP contribution in [-0.2, 0) is 81.3 Å². The van der Waals surface area contributed by atoms with Gasteiger partial charge in [-0.3, -0.25) is 102 Å². The van der Waals surface area contributed by atoms with Crippen LogP contribution in [0.1, 0.15) is 174 Å². The number of guanidine groups is 9. The van der Waals surface area contributed by atoms with E-state index in [9.17, 15) is 43.2 Å². The van der Waals surface area contributed by atoms with Crippen molar-refractivity contribution in [3.63, 3.8) is 0 Å². The first-order valence-corrected chi connectivity index (χ1v) is 42.6. The lowest BCUT2D eigenvalue weighted by Crippen LogP contribution is -2.53. The molecule has 0 heterocycles. The number of Topliss-reactive ketones (excluding diaryl/α,β-unsaturated/α-hetero) is 6. The molecule has 0 spiro atoms. The van der Waals surface area contributed by atoms with Gasteiger partial charge in [0, 0.05) is 147 Å². The summed E-state index contributed by atoms with van der Waals surface area (Å²) in [6.45, 7) is 3.32. The zero-order valence-corrected chi connectivity index (χ0v) is 74.1. The van der Waals surface area contributed by atoms with E-state index in [1.165, 1.54) is 6.92 Å². The van der Waals surface area contributed by atoms with Gasteiger partial charge in [-0.25, -0.2) is 0 Å². The summed E-state index contributed by atoms with van der Waals surface area (Å²) in [5.74, 6) is -17.5. The van der Waals surface area contributed by atoms with Gasteiger partial charge < -0.3 is 165 Å². The molecule has 10 atom stereocenters. The number of nitrogens with two attached hydrogens (primary N) is 19. The van der Waals surface area contributed by atoms with Crippen LogP contribution < -0.4 is 141 Å². The maximum Gasteiger partial charge on any atom is 0.246 e. The van der Waals surface area contributed by atoms with Gasteiger partial charge in [-0.1, -0.05) is 0 Å². The summed E-state index contributed by atoms with van der Waals surface area (Å²) in [7, 11) is 0. The number of aliphatic imine (C=N–C) groups is 9. The second-order valence-electron chi connectivity index (χ2n) is 30.2. The Morgan fingerprint density at radius 2 is 0.523 bits per heavy atom. The molecule has 0 fully saturated rings. The number of hydrogen-bond acceptors (Lipinski definition) is 26. The number of nitrogens with zero attached hydrogens (tertiary/aromatic N) is 9. The minimum atomic E-state index is -1.49. The Morgan fingerprint density at radius 3 is 0.789 bits per heavy atom. The fourth-order valence-electron chi connectivity index (χ4n) is 12.8. The predicted octanol–water partition coefficient (Wildman–Crippen LogP) is -9.17. The lowest BCUT2D eigenvalue weighted by molar-refractivity contribution is -0.136. The van der Waals surface area contributed by atoms with E-state index in [2.05, 4.69) is 76.8 Å². The minimum Gasteiger partial charge on any atom is -0.379 e. The normalized spacial score (nSPS) is 13.2. The Kier molecular flexibility index (Phi) is 63.0. The molecule has 0 saturated heterocycles. The van der Waals surface area contributed by atoms with E-state index in [4.69, 9.17) is 128 Å². The maximum atomic E-state index is 15.2. The van der Waals surface area contributed by atoms with Crippen molar-refractivity contribution in [1.82, 2.24) is 31.9 Å². The number of rotatable bonds is 78. The van der Waals surface area contributed by atoms with Crippen LogP contribution >= 0.6 is 0 Å². The molecular formula is C77H146N34O17. The lowest BCUT2D eigenvalue weighted by Gasteiger charge is -2.27. The fourth-order valence-corrected chi connectivity index (χ4v) is 12.8. The van der Waals surface area contributed by atoms with Crippen LogP contribution in [0.15, 0.2) is 44.9 Å². The highest BCUT2D eigenvalue weighted by atomic mass is 16.5. The van der Waals surface area contributed by atoms with Gasteiger partial charge in [0.25, 0.3) is 0 Å². The number of carbonyl (C=O) groups excluding carboxylic acids is 13. The Balaban J connectivity index is 7.80. The second kappa shape index (κ2) is 69.7. The van der Waals surface area contributed by atoms with E-state index >= 15 is 19.2 Å². The van der Waals surface area contributed by atoms with Gasteiger partial charge in [0.2, 0.25) is 41.4 Å². The molecule has 51 nitrogen and oxygen atoms in total. The van der Waals surface area contributed by atoms with E-state index in [-0.39, 0.29) is 279 Å². The fraction of sp³-hybridized carbons (Fsp3) is 0.714. The molecule has 0 unspecified atom stereocenters. The highest BCUT2D eigenvalue weighted by Crippen LogP contribution is 2.24. The van der Waals surface area contributed by atoms with E-state index in [0.717, 1.165) is 0 Å². The summed E-state index contributed by atoms with van der Waals surface area (Å²) in [5.41, 5.74) is 107. The molecule has 128 heavy (non-hydrogen) atoms. The summed E-state index contributed by atoms with van der Waals surface area (Å²) in [6.07, 6.45) is -1.72. The molecule has 44 N–H and O–H groups in total. The van der Waals surface area contributed by atoms with Gasteiger partial charge in [-0.05, 0) is 136 Å². The third-order valence-corrected chi connectivity index (χ3v) is 19.2. The third kappa shape index (κ3) is 61.0. The smallest absolute Gasteiger partial charge is 0.246 e. The molecule has 7 amide bonds. The Hall–Kier alpha value is -12.4. The molecule has 0 aromatic rings. The van der Waals surface area contributed by atoms with Crippen LogP contribution in [0.2, 0.25) is 0 Å². The van der Waals surface area contributed by atoms with Crippen molar-refractivity contribution < 1.29 is 81.3 Å². The Labute approximate surface area is 746 Å². The second-order valence-corrected chi connectivity index (χ2v) is 30.2. The third-order valence-electron chi connectivity index (χ3n) is 19.2. The zero-order valence-electron chi connectivity index (χ0n) is 74.1. The number of ketones is 6. The molecule has 0 aliphatic heterocycles. The van der Waals surface area contributed by atoms with Gasteiger partial charge in [-0.2, -0.15) is 0 Å². The number of nitrogens with one attached hydrogen (secondary N) is 6. The molecule has 0 aromatic carbocycles. The topological polar surface area (TPSA) is 937 Å². The maximum absolute atomic E-state index is 15.2. The number of primary amides is 1. The minimum absolute atomic E-state index is 0.00245.